The molecule has 5 nitrogen and oxygen atoms in total. The van der Waals surface area contributed by atoms with E-state index in [1.807, 2.05) is 0 Å². The lowest BCUT2D eigenvalue weighted by Gasteiger charge is -2.29. The fraction of sp³-hybridized carbons (Fsp3) is 0.550. The van der Waals surface area contributed by atoms with Gasteiger partial charge in [0.1, 0.15) is 0 Å². The van der Waals surface area contributed by atoms with Crippen molar-refractivity contribution in [2.75, 3.05) is 5.75 Å². The smallest absolute Gasteiger partial charge is 0.230 e. The number of aromatic nitrogens is 3. The molecule has 1 N–H and O–H groups in total. The number of hydrogen-bond donors (Lipinski definition) is 1. The summed E-state index contributed by atoms with van der Waals surface area (Å²) in [5.41, 5.74) is 2.27. The normalized spacial score (nSPS) is 20.1. The van der Waals surface area contributed by atoms with Crippen LogP contribution in [-0.4, -0.2) is 32.5 Å². The lowest BCUT2D eigenvalue weighted by atomic mass is 9.86. The van der Waals surface area contributed by atoms with Gasteiger partial charge in [0, 0.05) is 18.2 Å². The van der Waals surface area contributed by atoms with Gasteiger partial charge in [-0.3, -0.25) is 4.79 Å². The van der Waals surface area contributed by atoms with Crippen LogP contribution < -0.4 is 5.32 Å². The van der Waals surface area contributed by atoms with Crippen LogP contribution in [0.5, 0.6) is 0 Å². The van der Waals surface area contributed by atoms with E-state index in [-0.39, 0.29) is 5.91 Å². The summed E-state index contributed by atoms with van der Waals surface area (Å²) >= 11 is 1.47. The SMILES string of the molecule is CCn1c(SCC(=O)N[C@H]2CCCC[C@@H]2C)nnc1-c1ccc(C)cc1. The summed E-state index contributed by atoms with van der Waals surface area (Å²) in [4.78, 5) is 12.4. The van der Waals surface area contributed by atoms with Gasteiger partial charge >= 0.3 is 0 Å². The van der Waals surface area contributed by atoms with Crippen LogP contribution in [0.25, 0.3) is 11.4 Å². The molecule has 1 aliphatic carbocycles. The van der Waals surface area contributed by atoms with Gasteiger partial charge in [0.25, 0.3) is 0 Å². The fourth-order valence-corrected chi connectivity index (χ4v) is 4.32. The van der Waals surface area contributed by atoms with Gasteiger partial charge in [0.2, 0.25) is 5.91 Å². The van der Waals surface area contributed by atoms with Crippen LogP contribution in [0.2, 0.25) is 0 Å². The first-order chi connectivity index (χ1) is 12.6. The summed E-state index contributed by atoms with van der Waals surface area (Å²) in [6.07, 6.45) is 4.80. The number of thioether (sulfide) groups is 1. The van der Waals surface area contributed by atoms with Gasteiger partial charge in [0.05, 0.1) is 5.75 Å². The third-order valence-electron chi connectivity index (χ3n) is 5.13. The number of aryl methyl sites for hydroxylation is 1. The van der Waals surface area contributed by atoms with E-state index < -0.39 is 0 Å². The Labute approximate surface area is 160 Å². The van der Waals surface area contributed by atoms with Gasteiger partial charge in [0.15, 0.2) is 11.0 Å². The van der Waals surface area contributed by atoms with Gasteiger partial charge in [-0.05, 0) is 32.6 Å². The van der Waals surface area contributed by atoms with Crippen LogP contribution in [0.3, 0.4) is 0 Å². The zero-order valence-electron chi connectivity index (χ0n) is 15.9. The first-order valence-electron chi connectivity index (χ1n) is 9.51. The van der Waals surface area contributed by atoms with E-state index in [2.05, 4.69) is 65.1 Å². The maximum Gasteiger partial charge on any atom is 0.230 e. The van der Waals surface area contributed by atoms with Gasteiger partial charge in [-0.25, -0.2) is 0 Å². The average molecular weight is 373 g/mol. The summed E-state index contributed by atoms with van der Waals surface area (Å²) in [6.45, 7) is 7.16. The number of nitrogens with one attached hydrogen (secondary N) is 1. The largest absolute Gasteiger partial charge is 0.352 e. The number of hydrogen-bond acceptors (Lipinski definition) is 4. The van der Waals surface area contributed by atoms with E-state index in [1.165, 1.54) is 36.6 Å². The highest BCUT2D eigenvalue weighted by Gasteiger charge is 2.23. The molecule has 1 amide bonds. The van der Waals surface area contributed by atoms with Crippen molar-refractivity contribution >= 4 is 17.7 Å². The van der Waals surface area contributed by atoms with Crippen molar-refractivity contribution in [3.05, 3.63) is 29.8 Å². The number of benzene rings is 1. The van der Waals surface area contributed by atoms with Gasteiger partial charge in [-0.1, -0.05) is 61.4 Å². The van der Waals surface area contributed by atoms with E-state index in [9.17, 15) is 4.79 Å². The number of amides is 1. The van der Waals surface area contributed by atoms with Gasteiger partial charge < -0.3 is 9.88 Å². The Bertz CT molecular complexity index is 741. The molecule has 26 heavy (non-hydrogen) atoms. The molecular weight excluding hydrogens is 344 g/mol. The molecule has 6 heteroatoms. The van der Waals surface area contributed by atoms with Crippen molar-refractivity contribution in [3.8, 4) is 11.4 Å². The summed E-state index contributed by atoms with van der Waals surface area (Å²) in [5.74, 6) is 1.91. The molecule has 0 radical (unpaired) electrons. The highest BCUT2D eigenvalue weighted by molar-refractivity contribution is 7.99. The van der Waals surface area contributed by atoms with Crippen LogP contribution >= 0.6 is 11.8 Å². The van der Waals surface area contributed by atoms with E-state index in [4.69, 9.17) is 0 Å². The van der Waals surface area contributed by atoms with Crippen LogP contribution in [0.4, 0.5) is 0 Å². The molecule has 0 unspecified atom stereocenters. The first kappa shape index (κ1) is 19.0. The molecule has 140 valence electrons. The Morgan fingerprint density at radius 3 is 2.65 bits per heavy atom. The van der Waals surface area contributed by atoms with Crippen LogP contribution in [0, 0.1) is 12.8 Å². The minimum absolute atomic E-state index is 0.0938. The van der Waals surface area contributed by atoms with Crippen LogP contribution in [0.15, 0.2) is 29.4 Å². The first-order valence-corrected chi connectivity index (χ1v) is 10.5. The van der Waals surface area contributed by atoms with Crippen molar-refractivity contribution in [1.82, 2.24) is 20.1 Å². The highest BCUT2D eigenvalue weighted by Crippen LogP contribution is 2.26. The van der Waals surface area contributed by atoms with E-state index in [1.54, 1.807) is 0 Å². The van der Waals surface area contributed by atoms with Gasteiger partial charge in [-0.15, -0.1) is 10.2 Å². The summed E-state index contributed by atoms with van der Waals surface area (Å²) < 4.78 is 2.08. The summed E-state index contributed by atoms with van der Waals surface area (Å²) in [7, 11) is 0. The number of nitrogens with zero attached hydrogens (tertiary/aromatic N) is 3. The Morgan fingerprint density at radius 1 is 1.23 bits per heavy atom. The lowest BCUT2D eigenvalue weighted by Crippen LogP contribution is -2.41. The lowest BCUT2D eigenvalue weighted by molar-refractivity contribution is -0.119. The number of carbonyl (C=O) groups is 1. The molecule has 2 atom stereocenters. The topological polar surface area (TPSA) is 59.8 Å². The van der Waals surface area contributed by atoms with Crippen molar-refractivity contribution in [2.24, 2.45) is 5.92 Å². The predicted molar refractivity (Wildman–Crippen MR) is 106 cm³/mol. The van der Waals surface area contributed by atoms with E-state index >= 15 is 0 Å². The monoisotopic (exact) mass is 372 g/mol. The average Bonchev–Trinajstić information content (AvgIpc) is 3.05. The second-order valence-corrected chi connectivity index (χ2v) is 8.08. The molecule has 0 saturated heterocycles. The standard InChI is InChI=1S/C20H28N4OS/c1-4-24-19(16-11-9-14(2)10-12-16)22-23-20(24)26-13-18(25)21-17-8-6-5-7-15(17)3/h9-12,15,17H,4-8,13H2,1-3H3,(H,21,25)/t15-,17-/m0/s1. The Morgan fingerprint density at radius 2 is 1.96 bits per heavy atom. The Balaban J connectivity index is 1.63. The molecule has 1 heterocycles. The highest BCUT2D eigenvalue weighted by atomic mass is 32.2. The molecule has 1 fully saturated rings. The number of carbonyl (C=O) groups excluding carboxylic acids is 1. The fourth-order valence-electron chi connectivity index (χ4n) is 3.51. The Kier molecular flexibility index (Phi) is 6.35. The zero-order chi connectivity index (χ0) is 18.5. The molecule has 2 aromatic rings. The molecule has 1 aromatic heterocycles. The predicted octanol–water partition coefficient (Wildman–Crippen LogP) is 4.06. The van der Waals surface area contributed by atoms with E-state index in [0.717, 1.165) is 29.5 Å². The van der Waals surface area contributed by atoms with Crippen molar-refractivity contribution in [2.45, 2.75) is 64.2 Å². The second kappa shape index (κ2) is 8.71. The maximum atomic E-state index is 12.4. The summed E-state index contributed by atoms with van der Waals surface area (Å²) in [5, 5.41) is 12.7. The van der Waals surface area contributed by atoms with E-state index in [0.29, 0.717) is 17.7 Å². The minimum atomic E-state index is 0.0938. The van der Waals surface area contributed by atoms with Crippen molar-refractivity contribution in [3.63, 3.8) is 0 Å². The minimum Gasteiger partial charge on any atom is -0.352 e. The maximum absolute atomic E-state index is 12.4. The second-order valence-electron chi connectivity index (χ2n) is 7.14. The molecule has 1 saturated carbocycles. The molecule has 1 aliphatic rings. The van der Waals surface area contributed by atoms with Crippen LogP contribution in [0.1, 0.15) is 45.1 Å². The van der Waals surface area contributed by atoms with Gasteiger partial charge in [-0.2, -0.15) is 0 Å². The molecule has 3 rings (SSSR count). The Hall–Kier alpha value is -1.82. The quantitative estimate of drug-likeness (QED) is 0.777. The van der Waals surface area contributed by atoms with Crippen LogP contribution in [-0.2, 0) is 11.3 Å². The third kappa shape index (κ3) is 4.47. The molecule has 0 spiro atoms. The molecular formula is C20H28N4OS. The molecule has 0 aliphatic heterocycles. The van der Waals surface area contributed by atoms with Crippen molar-refractivity contribution < 1.29 is 4.79 Å². The number of rotatable bonds is 6. The zero-order valence-corrected chi connectivity index (χ0v) is 16.7. The summed E-state index contributed by atoms with van der Waals surface area (Å²) in [6, 6.07) is 8.61. The molecule has 1 aromatic carbocycles. The third-order valence-corrected chi connectivity index (χ3v) is 6.10. The van der Waals surface area contributed by atoms with Crippen molar-refractivity contribution in [1.29, 1.82) is 0 Å². The molecule has 0 bridgehead atoms.